The summed E-state index contributed by atoms with van der Waals surface area (Å²) in [7, 11) is 3.48. The molecule has 26 heavy (non-hydrogen) atoms. The number of hydrogen-bond acceptors (Lipinski definition) is 4. The van der Waals surface area contributed by atoms with Crippen molar-refractivity contribution in [1.29, 1.82) is 0 Å². The molecular weight excluding hydrogens is 346 g/mol. The van der Waals surface area contributed by atoms with E-state index in [4.69, 9.17) is 0 Å². The largest absolute Gasteiger partial charge is 0.338 e. The van der Waals surface area contributed by atoms with E-state index in [-0.39, 0.29) is 23.3 Å². The van der Waals surface area contributed by atoms with Gasteiger partial charge in [0.2, 0.25) is 5.91 Å². The zero-order chi connectivity index (χ0) is 18.7. The second-order valence-electron chi connectivity index (χ2n) is 6.16. The molecule has 1 atom stereocenters. The SMILES string of the molecule is CC(c1ccccc1)N(C)C(=O)CSc1nc2ccccc2c(=O)n1C. The molecule has 0 saturated heterocycles. The van der Waals surface area contributed by atoms with Crippen LogP contribution in [0.2, 0.25) is 0 Å². The third kappa shape index (κ3) is 3.65. The van der Waals surface area contributed by atoms with Crippen LogP contribution in [0.4, 0.5) is 0 Å². The predicted molar refractivity (Wildman–Crippen MR) is 105 cm³/mol. The van der Waals surface area contributed by atoms with Crippen LogP contribution >= 0.6 is 11.8 Å². The second kappa shape index (κ2) is 7.74. The van der Waals surface area contributed by atoms with Crippen molar-refractivity contribution in [1.82, 2.24) is 14.5 Å². The number of aromatic nitrogens is 2. The van der Waals surface area contributed by atoms with Crippen LogP contribution < -0.4 is 5.56 Å². The second-order valence-corrected chi connectivity index (χ2v) is 7.10. The molecule has 6 heteroatoms. The Bertz CT molecular complexity index is 985. The molecule has 134 valence electrons. The van der Waals surface area contributed by atoms with Gasteiger partial charge in [0, 0.05) is 14.1 Å². The minimum absolute atomic E-state index is 0.00578. The van der Waals surface area contributed by atoms with Crippen LogP contribution in [0.3, 0.4) is 0 Å². The maximum Gasteiger partial charge on any atom is 0.261 e. The molecule has 0 N–H and O–H groups in total. The van der Waals surface area contributed by atoms with Crippen molar-refractivity contribution < 1.29 is 4.79 Å². The number of para-hydroxylation sites is 1. The van der Waals surface area contributed by atoms with E-state index in [9.17, 15) is 9.59 Å². The van der Waals surface area contributed by atoms with Gasteiger partial charge in [0.15, 0.2) is 5.16 Å². The smallest absolute Gasteiger partial charge is 0.261 e. The molecule has 0 aliphatic rings. The molecule has 0 saturated carbocycles. The molecule has 2 aromatic carbocycles. The van der Waals surface area contributed by atoms with Crippen LogP contribution in [0.1, 0.15) is 18.5 Å². The molecule has 3 aromatic rings. The van der Waals surface area contributed by atoms with Crippen LogP contribution in [-0.2, 0) is 11.8 Å². The van der Waals surface area contributed by atoms with Gasteiger partial charge in [0.1, 0.15) is 0 Å². The normalized spacial score (nSPS) is 12.1. The van der Waals surface area contributed by atoms with Gasteiger partial charge in [-0.25, -0.2) is 4.98 Å². The van der Waals surface area contributed by atoms with E-state index in [1.54, 1.807) is 25.1 Å². The van der Waals surface area contributed by atoms with E-state index in [2.05, 4.69) is 4.98 Å². The fourth-order valence-electron chi connectivity index (χ4n) is 2.73. The van der Waals surface area contributed by atoms with Gasteiger partial charge in [-0.1, -0.05) is 54.2 Å². The summed E-state index contributed by atoms with van der Waals surface area (Å²) < 4.78 is 1.50. The highest BCUT2D eigenvalue weighted by Crippen LogP contribution is 2.21. The molecule has 1 unspecified atom stereocenters. The van der Waals surface area contributed by atoms with Crippen LogP contribution in [-0.4, -0.2) is 33.2 Å². The lowest BCUT2D eigenvalue weighted by Crippen LogP contribution is -2.31. The average molecular weight is 367 g/mol. The molecule has 0 spiro atoms. The number of rotatable bonds is 5. The van der Waals surface area contributed by atoms with Crippen molar-refractivity contribution in [2.45, 2.75) is 18.1 Å². The average Bonchev–Trinajstić information content (AvgIpc) is 2.69. The van der Waals surface area contributed by atoms with Crippen LogP contribution in [0.5, 0.6) is 0 Å². The van der Waals surface area contributed by atoms with Gasteiger partial charge in [-0.05, 0) is 24.6 Å². The van der Waals surface area contributed by atoms with E-state index in [1.807, 2.05) is 55.5 Å². The molecule has 5 nitrogen and oxygen atoms in total. The van der Waals surface area contributed by atoms with E-state index in [0.29, 0.717) is 16.1 Å². The molecule has 0 radical (unpaired) electrons. The Morgan fingerprint density at radius 3 is 2.54 bits per heavy atom. The van der Waals surface area contributed by atoms with Crippen LogP contribution in [0, 0.1) is 0 Å². The van der Waals surface area contributed by atoms with Gasteiger partial charge in [-0.3, -0.25) is 14.2 Å². The summed E-state index contributed by atoms with van der Waals surface area (Å²) in [5.74, 6) is 0.223. The Kier molecular flexibility index (Phi) is 5.42. The number of benzene rings is 2. The Morgan fingerprint density at radius 2 is 1.81 bits per heavy atom. The number of thioether (sulfide) groups is 1. The fourth-order valence-corrected chi connectivity index (χ4v) is 3.62. The number of carbonyl (C=O) groups excluding carboxylic acids is 1. The van der Waals surface area contributed by atoms with Crippen molar-refractivity contribution in [2.24, 2.45) is 7.05 Å². The first-order valence-electron chi connectivity index (χ1n) is 8.38. The van der Waals surface area contributed by atoms with Crippen molar-refractivity contribution in [3.63, 3.8) is 0 Å². The molecule has 3 rings (SSSR count). The minimum Gasteiger partial charge on any atom is -0.338 e. The maximum atomic E-state index is 12.6. The third-order valence-electron chi connectivity index (χ3n) is 4.52. The predicted octanol–water partition coefficient (Wildman–Crippen LogP) is 3.25. The number of carbonyl (C=O) groups is 1. The van der Waals surface area contributed by atoms with Crippen molar-refractivity contribution in [3.8, 4) is 0 Å². The third-order valence-corrected chi connectivity index (χ3v) is 5.54. The minimum atomic E-state index is -0.100. The van der Waals surface area contributed by atoms with Gasteiger partial charge in [-0.2, -0.15) is 0 Å². The standard InChI is InChI=1S/C20H21N3O2S/c1-14(15-9-5-4-6-10-15)22(2)18(24)13-26-20-21-17-12-8-7-11-16(17)19(25)23(20)3/h4-12,14H,13H2,1-3H3. The van der Waals surface area contributed by atoms with Gasteiger partial charge in [0.05, 0.1) is 22.7 Å². The van der Waals surface area contributed by atoms with E-state index < -0.39 is 0 Å². The highest BCUT2D eigenvalue weighted by Gasteiger charge is 2.18. The maximum absolute atomic E-state index is 12.6. The van der Waals surface area contributed by atoms with Crippen LogP contribution in [0.25, 0.3) is 10.9 Å². The number of hydrogen-bond donors (Lipinski definition) is 0. The van der Waals surface area contributed by atoms with E-state index >= 15 is 0 Å². The molecule has 0 aliphatic carbocycles. The molecule has 1 heterocycles. The van der Waals surface area contributed by atoms with Crippen molar-refractivity contribution >= 4 is 28.6 Å². The van der Waals surface area contributed by atoms with Crippen molar-refractivity contribution in [2.75, 3.05) is 12.8 Å². The van der Waals surface area contributed by atoms with Gasteiger partial charge < -0.3 is 4.90 Å². The zero-order valence-corrected chi connectivity index (χ0v) is 15.9. The number of nitrogens with zero attached hydrogens (tertiary/aromatic N) is 3. The molecule has 1 amide bonds. The lowest BCUT2D eigenvalue weighted by Gasteiger charge is -2.25. The first-order valence-corrected chi connectivity index (χ1v) is 9.36. The Labute approximate surface area is 156 Å². The summed E-state index contributed by atoms with van der Waals surface area (Å²) in [4.78, 5) is 31.3. The summed E-state index contributed by atoms with van der Waals surface area (Å²) >= 11 is 1.29. The van der Waals surface area contributed by atoms with Gasteiger partial charge >= 0.3 is 0 Å². The van der Waals surface area contributed by atoms with Gasteiger partial charge in [0.25, 0.3) is 5.56 Å². The highest BCUT2D eigenvalue weighted by molar-refractivity contribution is 7.99. The number of fused-ring (bicyclic) bond motifs is 1. The summed E-state index contributed by atoms with van der Waals surface area (Å²) in [6.07, 6.45) is 0. The quantitative estimate of drug-likeness (QED) is 0.513. The Morgan fingerprint density at radius 1 is 1.15 bits per heavy atom. The summed E-state index contributed by atoms with van der Waals surface area (Å²) in [6.45, 7) is 2.00. The first kappa shape index (κ1) is 18.2. The van der Waals surface area contributed by atoms with Crippen LogP contribution in [0.15, 0.2) is 64.5 Å². The summed E-state index contributed by atoms with van der Waals surface area (Å²) in [5.41, 5.74) is 1.64. The fraction of sp³-hybridized carbons (Fsp3) is 0.250. The first-order chi connectivity index (χ1) is 12.5. The van der Waals surface area contributed by atoms with E-state index in [1.165, 1.54) is 16.3 Å². The highest BCUT2D eigenvalue weighted by atomic mass is 32.2. The monoisotopic (exact) mass is 367 g/mol. The van der Waals surface area contributed by atoms with E-state index in [0.717, 1.165) is 5.56 Å². The molecular formula is C20H21N3O2S. The molecule has 0 aliphatic heterocycles. The Balaban J connectivity index is 1.74. The topological polar surface area (TPSA) is 55.2 Å². The lowest BCUT2D eigenvalue weighted by molar-refractivity contribution is -0.128. The Hall–Kier alpha value is -2.60. The molecule has 1 aromatic heterocycles. The van der Waals surface area contributed by atoms with Crippen molar-refractivity contribution in [3.05, 3.63) is 70.5 Å². The molecule has 0 fully saturated rings. The zero-order valence-electron chi connectivity index (χ0n) is 15.0. The van der Waals surface area contributed by atoms with Gasteiger partial charge in [-0.15, -0.1) is 0 Å². The summed E-state index contributed by atoms with van der Waals surface area (Å²) in [5, 5.41) is 1.13. The summed E-state index contributed by atoms with van der Waals surface area (Å²) in [6, 6.07) is 17.1. The molecule has 0 bridgehead atoms. The lowest BCUT2D eigenvalue weighted by atomic mass is 10.1. The number of amides is 1.